The average Bonchev–Trinajstić information content (AvgIpc) is 3.28. The van der Waals surface area contributed by atoms with Crippen molar-refractivity contribution in [2.24, 2.45) is 0 Å². The Bertz CT molecular complexity index is 1210. The number of nitrogens with zero attached hydrogens (tertiary/aromatic N) is 1. The van der Waals surface area contributed by atoms with Gasteiger partial charge in [-0.15, -0.1) is 11.3 Å². The molecule has 0 unspecified atom stereocenters. The molecule has 0 amide bonds. The van der Waals surface area contributed by atoms with E-state index in [2.05, 4.69) is 0 Å². The Morgan fingerprint density at radius 2 is 1.71 bits per heavy atom. The van der Waals surface area contributed by atoms with Gasteiger partial charge in [0, 0.05) is 18.2 Å². The minimum atomic E-state index is -3.26. The zero-order chi connectivity index (χ0) is 19.7. The fourth-order valence-electron chi connectivity index (χ4n) is 2.87. The van der Waals surface area contributed by atoms with E-state index in [1.165, 1.54) is 17.6 Å². The SMILES string of the molecule is CS(=O)(=O)c1ccc(-c2nc(Cc3ccccc3)oc2-c2ccc(Cl)s2)cc1. The number of hydrogen-bond donors (Lipinski definition) is 0. The second-order valence-electron chi connectivity index (χ2n) is 6.35. The summed E-state index contributed by atoms with van der Waals surface area (Å²) < 4.78 is 30.2. The molecular formula is C21H16ClNO3S2. The van der Waals surface area contributed by atoms with Crippen molar-refractivity contribution in [2.45, 2.75) is 11.3 Å². The van der Waals surface area contributed by atoms with Crippen molar-refractivity contribution in [3.63, 3.8) is 0 Å². The first-order valence-electron chi connectivity index (χ1n) is 8.50. The monoisotopic (exact) mass is 429 g/mol. The molecule has 7 heteroatoms. The second-order valence-corrected chi connectivity index (χ2v) is 10.1. The van der Waals surface area contributed by atoms with Crippen LogP contribution in [0.25, 0.3) is 21.9 Å². The molecule has 0 fully saturated rings. The van der Waals surface area contributed by atoms with Crippen molar-refractivity contribution in [1.82, 2.24) is 4.98 Å². The van der Waals surface area contributed by atoms with Crippen molar-refractivity contribution in [1.29, 1.82) is 0 Å². The first-order chi connectivity index (χ1) is 13.4. The smallest absolute Gasteiger partial charge is 0.200 e. The van der Waals surface area contributed by atoms with Gasteiger partial charge in [-0.25, -0.2) is 13.4 Å². The molecular weight excluding hydrogens is 414 g/mol. The first kappa shape index (κ1) is 18.9. The number of benzene rings is 2. The Morgan fingerprint density at radius 1 is 1.00 bits per heavy atom. The molecule has 0 saturated carbocycles. The van der Waals surface area contributed by atoms with E-state index in [0.29, 0.717) is 28.1 Å². The van der Waals surface area contributed by atoms with Gasteiger partial charge in [0.15, 0.2) is 21.5 Å². The number of rotatable bonds is 5. The highest BCUT2D eigenvalue weighted by molar-refractivity contribution is 7.90. The lowest BCUT2D eigenvalue weighted by Gasteiger charge is -2.02. The standard InChI is InChI=1S/C21H16ClNO3S2/c1-28(24,25)16-9-7-15(8-10-16)20-21(17-11-12-18(22)27-17)26-19(23-20)13-14-5-3-2-4-6-14/h2-12H,13H2,1H3. The Balaban J connectivity index is 1.78. The van der Waals surface area contributed by atoms with E-state index < -0.39 is 9.84 Å². The summed E-state index contributed by atoms with van der Waals surface area (Å²) >= 11 is 7.52. The fourth-order valence-corrected chi connectivity index (χ4v) is 4.53. The molecule has 142 valence electrons. The lowest BCUT2D eigenvalue weighted by atomic mass is 10.1. The Kier molecular flexibility index (Phi) is 5.10. The molecule has 0 atom stereocenters. The van der Waals surface area contributed by atoms with Crippen LogP contribution in [0.5, 0.6) is 0 Å². The summed E-state index contributed by atoms with van der Waals surface area (Å²) in [4.78, 5) is 5.84. The molecule has 0 N–H and O–H groups in total. The Hall–Kier alpha value is -2.41. The van der Waals surface area contributed by atoms with Crippen molar-refractivity contribution in [3.05, 3.63) is 82.5 Å². The van der Waals surface area contributed by atoms with Crippen LogP contribution < -0.4 is 0 Å². The predicted octanol–water partition coefficient (Wildman–Crippen LogP) is 5.72. The first-order valence-corrected chi connectivity index (χ1v) is 11.6. The van der Waals surface area contributed by atoms with E-state index >= 15 is 0 Å². The largest absolute Gasteiger partial charge is 0.439 e. The van der Waals surface area contributed by atoms with Gasteiger partial charge < -0.3 is 4.42 Å². The van der Waals surface area contributed by atoms with E-state index in [4.69, 9.17) is 21.0 Å². The van der Waals surface area contributed by atoms with E-state index in [-0.39, 0.29) is 4.90 Å². The van der Waals surface area contributed by atoms with Crippen LogP contribution >= 0.6 is 22.9 Å². The number of hydrogen-bond acceptors (Lipinski definition) is 5. The topological polar surface area (TPSA) is 60.2 Å². The maximum absolute atomic E-state index is 11.7. The molecule has 2 aromatic carbocycles. The molecule has 0 radical (unpaired) electrons. The van der Waals surface area contributed by atoms with Gasteiger partial charge in [-0.1, -0.05) is 54.1 Å². The molecule has 28 heavy (non-hydrogen) atoms. The summed E-state index contributed by atoms with van der Waals surface area (Å²) in [7, 11) is -3.26. The molecule has 4 rings (SSSR count). The highest BCUT2D eigenvalue weighted by Crippen LogP contribution is 2.38. The van der Waals surface area contributed by atoms with Gasteiger partial charge in [0.25, 0.3) is 0 Å². The highest BCUT2D eigenvalue weighted by atomic mass is 35.5. The van der Waals surface area contributed by atoms with Gasteiger partial charge >= 0.3 is 0 Å². The van der Waals surface area contributed by atoms with Gasteiger partial charge in [0.05, 0.1) is 14.1 Å². The van der Waals surface area contributed by atoms with Gasteiger partial charge in [0.2, 0.25) is 0 Å². The quantitative estimate of drug-likeness (QED) is 0.407. The highest BCUT2D eigenvalue weighted by Gasteiger charge is 2.19. The van der Waals surface area contributed by atoms with Gasteiger partial charge in [-0.3, -0.25) is 0 Å². The molecule has 0 aliphatic carbocycles. The van der Waals surface area contributed by atoms with Gasteiger partial charge in [-0.2, -0.15) is 0 Å². The van der Waals surface area contributed by atoms with Crippen LogP contribution in [0, 0.1) is 0 Å². The Morgan fingerprint density at radius 3 is 2.32 bits per heavy atom. The number of sulfone groups is 1. The van der Waals surface area contributed by atoms with Gasteiger partial charge in [-0.05, 0) is 29.8 Å². The van der Waals surface area contributed by atoms with Crippen LogP contribution in [0.2, 0.25) is 4.34 Å². The summed E-state index contributed by atoms with van der Waals surface area (Å²) in [6, 6.07) is 20.3. The van der Waals surface area contributed by atoms with E-state index in [0.717, 1.165) is 16.0 Å². The normalized spacial score (nSPS) is 11.6. The maximum Gasteiger partial charge on any atom is 0.200 e. The fraction of sp³-hybridized carbons (Fsp3) is 0.0952. The van der Waals surface area contributed by atoms with E-state index in [1.807, 2.05) is 42.5 Å². The molecule has 0 spiro atoms. The molecule has 0 aliphatic heterocycles. The number of oxazole rings is 1. The van der Waals surface area contributed by atoms with E-state index in [1.54, 1.807) is 24.3 Å². The molecule has 4 nitrogen and oxygen atoms in total. The summed E-state index contributed by atoms with van der Waals surface area (Å²) in [5, 5.41) is 0. The van der Waals surface area contributed by atoms with Crippen LogP contribution in [0.3, 0.4) is 0 Å². The van der Waals surface area contributed by atoms with Crippen molar-refractivity contribution in [3.8, 4) is 21.9 Å². The second kappa shape index (κ2) is 7.54. The number of aromatic nitrogens is 1. The van der Waals surface area contributed by atoms with Gasteiger partial charge in [0.1, 0.15) is 5.69 Å². The average molecular weight is 430 g/mol. The zero-order valence-corrected chi connectivity index (χ0v) is 17.3. The summed E-state index contributed by atoms with van der Waals surface area (Å²) in [5.41, 5.74) is 2.55. The van der Waals surface area contributed by atoms with Crippen LogP contribution in [0.1, 0.15) is 11.5 Å². The minimum Gasteiger partial charge on any atom is -0.439 e. The molecule has 2 aromatic heterocycles. The minimum absolute atomic E-state index is 0.268. The zero-order valence-electron chi connectivity index (χ0n) is 14.9. The number of thiophene rings is 1. The van der Waals surface area contributed by atoms with Crippen LogP contribution in [-0.2, 0) is 16.3 Å². The molecule has 0 bridgehead atoms. The Labute approximate surface area is 172 Å². The third-order valence-corrected chi connectivity index (χ3v) is 6.58. The van der Waals surface area contributed by atoms with Crippen LogP contribution in [0.15, 0.2) is 76.0 Å². The third-order valence-electron chi connectivity index (χ3n) is 4.22. The van der Waals surface area contributed by atoms with Crippen LogP contribution in [0.4, 0.5) is 0 Å². The maximum atomic E-state index is 11.7. The summed E-state index contributed by atoms with van der Waals surface area (Å²) in [5.74, 6) is 1.22. The number of halogens is 1. The van der Waals surface area contributed by atoms with Crippen LogP contribution in [-0.4, -0.2) is 19.7 Å². The molecule has 2 heterocycles. The predicted molar refractivity (Wildman–Crippen MR) is 113 cm³/mol. The lowest BCUT2D eigenvalue weighted by Crippen LogP contribution is -1.96. The molecule has 0 saturated heterocycles. The van der Waals surface area contributed by atoms with Crippen molar-refractivity contribution in [2.75, 3.05) is 6.26 Å². The van der Waals surface area contributed by atoms with Crippen molar-refractivity contribution < 1.29 is 12.8 Å². The summed E-state index contributed by atoms with van der Waals surface area (Å²) in [6.45, 7) is 0. The molecule has 0 aliphatic rings. The van der Waals surface area contributed by atoms with Crippen molar-refractivity contribution >= 4 is 32.8 Å². The molecule has 4 aromatic rings. The summed E-state index contributed by atoms with van der Waals surface area (Å²) in [6.07, 6.45) is 1.75. The third kappa shape index (κ3) is 4.04. The van der Waals surface area contributed by atoms with E-state index in [9.17, 15) is 8.42 Å². The lowest BCUT2D eigenvalue weighted by molar-refractivity contribution is 0.520.